The second-order valence-corrected chi connectivity index (χ2v) is 8.79. The summed E-state index contributed by atoms with van der Waals surface area (Å²) in [6, 6.07) is 7.31. The summed E-state index contributed by atoms with van der Waals surface area (Å²) in [4.78, 5) is 17.7. The van der Waals surface area contributed by atoms with Crippen molar-refractivity contribution in [2.75, 3.05) is 43.1 Å². The van der Waals surface area contributed by atoms with E-state index >= 15 is 0 Å². The van der Waals surface area contributed by atoms with E-state index in [9.17, 15) is 4.39 Å². The highest BCUT2D eigenvalue weighted by molar-refractivity contribution is 5.63. The zero-order valence-electron chi connectivity index (χ0n) is 19.9. The van der Waals surface area contributed by atoms with Gasteiger partial charge in [0.25, 0.3) is 5.97 Å². The van der Waals surface area contributed by atoms with Crippen LogP contribution in [0.25, 0.3) is 0 Å². The molecule has 1 aromatic carbocycles. The van der Waals surface area contributed by atoms with Crippen molar-refractivity contribution in [1.29, 1.82) is 0 Å². The SMILES string of the molecule is CC(=O)O.COc1cc(N2CCC(Oc3ccc(N4CCC(C)C4)c(F)c3)CC2)c(C)cn1. The van der Waals surface area contributed by atoms with Crippen molar-refractivity contribution in [1.82, 2.24) is 4.98 Å². The number of piperidine rings is 1. The number of nitrogens with zero attached hydrogens (tertiary/aromatic N) is 3. The van der Waals surface area contributed by atoms with E-state index in [-0.39, 0.29) is 11.9 Å². The maximum atomic E-state index is 14.6. The van der Waals surface area contributed by atoms with Crippen molar-refractivity contribution in [3.8, 4) is 11.6 Å². The fraction of sp³-hybridized carbons (Fsp3) is 0.520. The van der Waals surface area contributed by atoms with Gasteiger partial charge in [0, 0.05) is 70.0 Å². The first-order chi connectivity index (χ1) is 15.8. The van der Waals surface area contributed by atoms with E-state index in [0.717, 1.165) is 63.6 Å². The minimum atomic E-state index is -0.833. The maximum Gasteiger partial charge on any atom is 0.300 e. The molecule has 1 unspecified atom stereocenters. The van der Waals surface area contributed by atoms with Gasteiger partial charge in [0.2, 0.25) is 5.88 Å². The summed E-state index contributed by atoms with van der Waals surface area (Å²) in [5, 5.41) is 7.42. The minimum Gasteiger partial charge on any atom is -0.490 e. The highest BCUT2D eigenvalue weighted by Gasteiger charge is 2.24. The van der Waals surface area contributed by atoms with Crippen molar-refractivity contribution in [3.05, 3.63) is 41.8 Å². The molecule has 0 amide bonds. The number of ether oxygens (including phenoxy) is 2. The van der Waals surface area contributed by atoms with Crippen LogP contribution in [-0.4, -0.2) is 55.5 Å². The van der Waals surface area contributed by atoms with E-state index in [1.54, 1.807) is 13.2 Å². The number of anilines is 2. The Labute approximate surface area is 195 Å². The van der Waals surface area contributed by atoms with Crippen LogP contribution in [-0.2, 0) is 4.79 Å². The molecule has 4 rings (SSSR count). The third-order valence-electron chi connectivity index (χ3n) is 6.03. The lowest BCUT2D eigenvalue weighted by molar-refractivity contribution is -0.134. The van der Waals surface area contributed by atoms with Crippen LogP contribution in [0.4, 0.5) is 15.8 Å². The smallest absolute Gasteiger partial charge is 0.300 e. The Morgan fingerprint density at radius 1 is 1.12 bits per heavy atom. The van der Waals surface area contributed by atoms with Gasteiger partial charge in [-0.2, -0.15) is 0 Å². The molecule has 0 saturated carbocycles. The lowest BCUT2D eigenvalue weighted by Crippen LogP contribution is -2.38. The van der Waals surface area contributed by atoms with E-state index < -0.39 is 5.97 Å². The molecule has 2 aliphatic rings. The van der Waals surface area contributed by atoms with Crippen molar-refractivity contribution in [2.45, 2.75) is 46.1 Å². The third kappa shape index (κ3) is 6.73. The van der Waals surface area contributed by atoms with Gasteiger partial charge in [0.1, 0.15) is 17.7 Å². The predicted molar refractivity (Wildman–Crippen MR) is 127 cm³/mol. The highest BCUT2D eigenvalue weighted by atomic mass is 19.1. The molecule has 180 valence electrons. The number of benzene rings is 1. The number of hydrogen-bond acceptors (Lipinski definition) is 6. The molecule has 3 heterocycles. The molecule has 7 nitrogen and oxygen atoms in total. The fourth-order valence-corrected chi connectivity index (χ4v) is 4.33. The van der Waals surface area contributed by atoms with Crippen molar-refractivity contribution >= 4 is 17.3 Å². The molecule has 0 aliphatic carbocycles. The Balaban J connectivity index is 0.000000709. The Hall–Kier alpha value is -3.03. The molecule has 2 saturated heterocycles. The molecule has 8 heteroatoms. The van der Waals surface area contributed by atoms with Gasteiger partial charge in [0.05, 0.1) is 12.8 Å². The normalized spacial score (nSPS) is 18.5. The molecule has 1 atom stereocenters. The zero-order valence-corrected chi connectivity index (χ0v) is 19.9. The number of carbonyl (C=O) groups is 1. The molecule has 33 heavy (non-hydrogen) atoms. The lowest BCUT2D eigenvalue weighted by Gasteiger charge is -2.34. The Morgan fingerprint density at radius 2 is 1.79 bits per heavy atom. The molecule has 0 spiro atoms. The number of aryl methyl sites for hydroxylation is 1. The summed E-state index contributed by atoms with van der Waals surface area (Å²) in [6.07, 6.45) is 4.88. The van der Waals surface area contributed by atoms with E-state index in [1.165, 1.54) is 0 Å². The number of carboxylic acids is 1. The number of aromatic nitrogens is 1. The van der Waals surface area contributed by atoms with Crippen LogP contribution in [0.15, 0.2) is 30.5 Å². The quantitative estimate of drug-likeness (QED) is 0.704. The average Bonchev–Trinajstić information content (AvgIpc) is 3.20. The standard InChI is InChI=1S/C23H30FN3O2.C2H4O2/c1-16-6-9-27(15-16)21-5-4-19(12-20(21)24)29-18-7-10-26(11-8-18)22-13-23(28-3)25-14-17(22)2;1-2(3)4/h4-5,12-14,16,18H,6-11,15H2,1-3H3;1H3,(H,3,4). The number of halogens is 1. The van der Waals surface area contributed by atoms with Gasteiger partial charge < -0.3 is 24.4 Å². The van der Waals surface area contributed by atoms with Gasteiger partial charge in [-0.05, 0) is 37.0 Å². The van der Waals surface area contributed by atoms with Crippen LogP contribution in [0.1, 0.15) is 38.7 Å². The first-order valence-electron chi connectivity index (χ1n) is 11.4. The molecule has 2 aromatic rings. The van der Waals surface area contributed by atoms with Gasteiger partial charge in [-0.3, -0.25) is 4.79 Å². The first-order valence-corrected chi connectivity index (χ1v) is 11.4. The van der Waals surface area contributed by atoms with Crippen LogP contribution in [0.2, 0.25) is 0 Å². The molecule has 0 radical (unpaired) electrons. The fourth-order valence-electron chi connectivity index (χ4n) is 4.33. The number of methoxy groups -OCH3 is 1. The summed E-state index contributed by atoms with van der Waals surface area (Å²) in [5.74, 6) is 0.860. The van der Waals surface area contributed by atoms with Gasteiger partial charge in [-0.1, -0.05) is 6.92 Å². The molecule has 0 bridgehead atoms. The van der Waals surface area contributed by atoms with E-state index in [2.05, 4.69) is 28.6 Å². The Kier molecular flexibility index (Phi) is 8.36. The maximum absolute atomic E-state index is 14.6. The first kappa shape index (κ1) is 24.6. The number of aliphatic carboxylic acids is 1. The number of pyridine rings is 1. The number of hydrogen-bond donors (Lipinski definition) is 1. The largest absolute Gasteiger partial charge is 0.490 e. The second kappa shape index (κ2) is 11.2. The minimum absolute atomic E-state index is 0.104. The molecule has 2 aliphatic heterocycles. The highest BCUT2D eigenvalue weighted by Crippen LogP contribution is 2.31. The van der Waals surface area contributed by atoms with E-state index in [0.29, 0.717) is 23.2 Å². The van der Waals surface area contributed by atoms with Crippen LogP contribution in [0, 0.1) is 18.7 Å². The van der Waals surface area contributed by atoms with Gasteiger partial charge in [0.15, 0.2) is 0 Å². The number of carboxylic acid groups (broad SMARTS) is 1. The summed E-state index contributed by atoms with van der Waals surface area (Å²) in [5.41, 5.74) is 2.99. The summed E-state index contributed by atoms with van der Waals surface area (Å²) in [7, 11) is 1.64. The summed E-state index contributed by atoms with van der Waals surface area (Å²) in [6.45, 7) is 9.00. The third-order valence-corrected chi connectivity index (χ3v) is 6.03. The summed E-state index contributed by atoms with van der Waals surface area (Å²) < 4.78 is 26.0. The monoisotopic (exact) mass is 459 g/mol. The second-order valence-electron chi connectivity index (χ2n) is 8.79. The van der Waals surface area contributed by atoms with Crippen LogP contribution >= 0.6 is 0 Å². The topological polar surface area (TPSA) is 75.1 Å². The Bertz CT molecular complexity index is 943. The average molecular weight is 460 g/mol. The molecule has 2 fully saturated rings. The van der Waals surface area contributed by atoms with Crippen LogP contribution in [0.3, 0.4) is 0 Å². The number of rotatable bonds is 5. The predicted octanol–water partition coefficient (Wildman–Crippen LogP) is 4.52. The van der Waals surface area contributed by atoms with Crippen LogP contribution < -0.4 is 19.3 Å². The zero-order chi connectivity index (χ0) is 24.0. The van der Waals surface area contributed by atoms with Gasteiger partial charge in [-0.15, -0.1) is 0 Å². The van der Waals surface area contributed by atoms with Crippen LogP contribution in [0.5, 0.6) is 11.6 Å². The van der Waals surface area contributed by atoms with Gasteiger partial charge >= 0.3 is 0 Å². The van der Waals surface area contributed by atoms with Crippen molar-refractivity contribution < 1.29 is 23.8 Å². The molecular weight excluding hydrogens is 425 g/mol. The van der Waals surface area contributed by atoms with E-state index in [4.69, 9.17) is 19.4 Å². The van der Waals surface area contributed by atoms with Crippen molar-refractivity contribution in [3.63, 3.8) is 0 Å². The lowest BCUT2D eigenvalue weighted by atomic mass is 10.1. The summed E-state index contributed by atoms with van der Waals surface area (Å²) >= 11 is 0. The molecular formula is C25H34FN3O4. The van der Waals surface area contributed by atoms with Gasteiger partial charge in [-0.25, -0.2) is 9.37 Å². The molecule has 1 N–H and O–H groups in total. The Morgan fingerprint density at radius 3 is 2.36 bits per heavy atom. The molecule has 1 aromatic heterocycles. The van der Waals surface area contributed by atoms with Crippen molar-refractivity contribution in [2.24, 2.45) is 5.92 Å². The van der Waals surface area contributed by atoms with E-state index in [1.807, 2.05) is 24.4 Å².